The van der Waals surface area contributed by atoms with Crippen LogP contribution in [0.15, 0.2) is 52.2 Å². The second-order valence-corrected chi connectivity index (χ2v) is 10.4. The van der Waals surface area contributed by atoms with Gasteiger partial charge < -0.3 is 24.2 Å². The van der Waals surface area contributed by atoms with E-state index in [-0.39, 0.29) is 5.75 Å². The zero-order valence-corrected chi connectivity index (χ0v) is 21.4. The Bertz CT molecular complexity index is 1270. The first kappa shape index (κ1) is 29.6. The van der Waals surface area contributed by atoms with E-state index in [0.29, 0.717) is 4.57 Å². The van der Waals surface area contributed by atoms with Crippen molar-refractivity contribution in [1.29, 1.82) is 0 Å². The summed E-state index contributed by atoms with van der Waals surface area (Å²) in [5.74, 6) is -0.849. The minimum absolute atomic E-state index is 0.00977. The zero-order valence-electron chi connectivity index (χ0n) is 20.5. The first-order valence-corrected chi connectivity index (χ1v) is 12.9. The van der Waals surface area contributed by atoms with Crippen LogP contribution in [0.1, 0.15) is 27.0 Å². The highest BCUT2D eigenvalue weighted by molar-refractivity contribution is 7.52. The lowest BCUT2D eigenvalue weighted by atomic mass is 9.96. The number of nitrogens with zero attached hydrogens (tertiary/aromatic N) is 1. The molecule has 0 spiro atoms. The van der Waals surface area contributed by atoms with Crippen molar-refractivity contribution in [3.05, 3.63) is 63.4 Å². The van der Waals surface area contributed by atoms with Crippen LogP contribution >= 0.6 is 7.75 Å². The van der Waals surface area contributed by atoms with Gasteiger partial charge in [0.1, 0.15) is 24.0 Å². The third-order valence-electron chi connectivity index (χ3n) is 5.44. The van der Waals surface area contributed by atoms with Gasteiger partial charge in [0.25, 0.3) is 12.0 Å². The van der Waals surface area contributed by atoms with E-state index in [4.69, 9.17) is 18.5 Å². The predicted octanol–water partition coefficient (Wildman–Crippen LogP) is 0.925. The van der Waals surface area contributed by atoms with Crippen molar-refractivity contribution >= 4 is 13.7 Å². The average molecular weight is 563 g/mol. The Kier molecular flexibility index (Phi) is 9.23. The van der Waals surface area contributed by atoms with Gasteiger partial charge in [-0.15, -0.1) is 0 Å². The predicted molar refractivity (Wildman–Crippen MR) is 127 cm³/mol. The number of rotatable bonds is 11. The summed E-state index contributed by atoms with van der Waals surface area (Å²) in [5, 5.41) is 23.3. The summed E-state index contributed by atoms with van der Waals surface area (Å²) >= 11 is 0. The monoisotopic (exact) mass is 563 g/mol. The van der Waals surface area contributed by atoms with E-state index in [1.165, 1.54) is 31.2 Å². The normalized spacial score (nSPS) is 25.8. The summed E-state index contributed by atoms with van der Waals surface area (Å²) in [6.07, 6.45) is -9.46. The third-order valence-corrected chi connectivity index (χ3v) is 7.06. The topological polar surface area (TPSA) is 178 Å². The molecule has 1 aliphatic heterocycles. The number of carbonyl (C=O) groups excluding carboxylic acids is 1. The number of carbonyl (C=O) groups is 1. The molecule has 0 radical (unpaired) electrons. The van der Waals surface area contributed by atoms with Gasteiger partial charge in [0.05, 0.1) is 12.7 Å². The molecule has 38 heavy (non-hydrogen) atoms. The molecular weight excluding hydrogens is 535 g/mol. The highest BCUT2D eigenvalue weighted by Gasteiger charge is 2.61. The standard InChI is InChI=1S/C22H28F2N3O10P/c1-12(2)35-19(31)13(3)26-38(33,37-14-7-5-4-6-8-14)34-11-22(20(23)24)17(30)16(29)18(36-22)27-10-9-15(28)25-21(27)32/h4-10,12-13,16-18,20,29-30H,11H2,1-3H3,(H,26,33)(H,25,28,32). The maximum Gasteiger partial charge on any atom is 0.459 e. The summed E-state index contributed by atoms with van der Waals surface area (Å²) in [6, 6.07) is 7.06. The molecule has 1 aromatic heterocycles. The molecule has 16 heteroatoms. The number of aromatic nitrogens is 2. The molecule has 4 N–H and O–H groups in total. The fourth-order valence-corrected chi connectivity index (χ4v) is 5.07. The maximum atomic E-state index is 14.4. The number of esters is 1. The average Bonchev–Trinajstić information content (AvgIpc) is 3.09. The molecule has 1 fully saturated rings. The van der Waals surface area contributed by atoms with Gasteiger partial charge in [-0.3, -0.25) is 23.7 Å². The Morgan fingerprint density at radius 3 is 2.45 bits per heavy atom. The van der Waals surface area contributed by atoms with E-state index in [2.05, 4.69) is 5.09 Å². The SMILES string of the molecule is CC(C)OC(=O)C(C)NP(=O)(OCC1(C(F)F)OC(n2ccc(=O)[nH]c2=O)C(O)C1O)Oc1ccccc1. The Morgan fingerprint density at radius 1 is 1.21 bits per heavy atom. The molecule has 0 aliphatic carbocycles. The number of aliphatic hydroxyl groups is 2. The highest BCUT2D eigenvalue weighted by atomic mass is 31.2. The Hall–Kier alpha value is -2.94. The van der Waals surface area contributed by atoms with Gasteiger partial charge in [-0.2, -0.15) is 5.09 Å². The number of alkyl halides is 2. The van der Waals surface area contributed by atoms with Crippen LogP contribution in [0.3, 0.4) is 0 Å². The lowest BCUT2D eigenvalue weighted by molar-refractivity contribution is -0.192. The van der Waals surface area contributed by atoms with Crippen LogP contribution < -0.4 is 20.9 Å². The van der Waals surface area contributed by atoms with E-state index < -0.39 is 74.2 Å². The minimum Gasteiger partial charge on any atom is -0.462 e. The Morgan fingerprint density at radius 2 is 1.87 bits per heavy atom. The molecule has 210 valence electrons. The van der Waals surface area contributed by atoms with Crippen LogP contribution in [0.25, 0.3) is 0 Å². The van der Waals surface area contributed by atoms with E-state index in [9.17, 15) is 37.9 Å². The van der Waals surface area contributed by atoms with Gasteiger partial charge >= 0.3 is 19.4 Å². The van der Waals surface area contributed by atoms with Crippen LogP contribution in [0, 0.1) is 0 Å². The molecule has 6 unspecified atom stereocenters. The number of aromatic amines is 1. The van der Waals surface area contributed by atoms with Gasteiger partial charge in [-0.25, -0.2) is 18.1 Å². The summed E-state index contributed by atoms with van der Waals surface area (Å²) in [5.41, 5.74) is -4.89. The van der Waals surface area contributed by atoms with Gasteiger partial charge in [0.15, 0.2) is 11.8 Å². The van der Waals surface area contributed by atoms with Gasteiger partial charge in [-0.1, -0.05) is 18.2 Å². The number of para-hydroxylation sites is 1. The van der Waals surface area contributed by atoms with E-state index >= 15 is 0 Å². The first-order valence-electron chi connectivity index (χ1n) is 11.4. The molecule has 1 saturated heterocycles. The summed E-state index contributed by atoms with van der Waals surface area (Å²) in [4.78, 5) is 37.6. The number of H-pyrrole nitrogens is 1. The number of benzene rings is 1. The molecular formula is C22H28F2N3O10P. The van der Waals surface area contributed by atoms with Gasteiger partial charge in [-0.05, 0) is 32.9 Å². The van der Waals surface area contributed by atoms with Crippen molar-refractivity contribution in [2.24, 2.45) is 0 Å². The molecule has 2 heterocycles. The van der Waals surface area contributed by atoms with Crippen LogP contribution in [0.4, 0.5) is 8.78 Å². The van der Waals surface area contributed by atoms with E-state index in [1.807, 2.05) is 4.98 Å². The molecule has 1 aromatic carbocycles. The maximum absolute atomic E-state index is 14.4. The number of halogens is 2. The van der Waals surface area contributed by atoms with Crippen molar-refractivity contribution in [3.8, 4) is 5.75 Å². The van der Waals surface area contributed by atoms with Crippen molar-refractivity contribution in [3.63, 3.8) is 0 Å². The molecule has 2 aromatic rings. The second kappa shape index (κ2) is 11.8. The molecule has 0 bridgehead atoms. The third kappa shape index (κ3) is 6.54. The Balaban J connectivity index is 1.90. The number of hydrogen-bond acceptors (Lipinski definition) is 10. The zero-order chi connectivity index (χ0) is 28.3. The molecule has 1 aliphatic rings. The van der Waals surface area contributed by atoms with Crippen LogP contribution in [-0.2, 0) is 23.4 Å². The van der Waals surface area contributed by atoms with Crippen molar-refractivity contribution < 1.29 is 46.9 Å². The number of hydrogen-bond donors (Lipinski definition) is 4. The van der Waals surface area contributed by atoms with Crippen molar-refractivity contribution in [2.45, 2.75) is 63.4 Å². The number of aliphatic hydroxyl groups excluding tert-OH is 2. The Labute approximate surface area is 214 Å². The lowest BCUT2D eigenvalue weighted by Crippen LogP contribution is -2.53. The minimum atomic E-state index is -4.66. The van der Waals surface area contributed by atoms with Crippen molar-refractivity contribution in [2.75, 3.05) is 6.61 Å². The fourth-order valence-electron chi connectivity index (χ4n) is 3.54. The fraction of sp³-hybridized carbons (Fsp3) is 0.500. The summed E-state index contributed by atoms with van der Waals surface area (Å²) in [6.45, 7) is 3.13. The second-order valence-electron chi connectivity index (χ2n) is 8.73. The smallest absolute Gasteiger partial charge is 0.459 e. The molecule has 0 saturated carbocycles. The molecule has 0 amide bonds. The molecule has 3 rings (SSSR count). The number of nitrogens with one attached hydrogen (secondary N) is 2. The number of ether oxygens (including phenoxy) is 2. The summed E-state index contributed by atoms with van der Waals surface area (Å²) in [7, 11) is -4.66. The van der Waals surface area contributed by atoms with E-state index in [1.54, 1.807) is 19.9 Å². The largest absolute Gasteiger partial charge is 0.462 e. The quantitative estimate of drug-likeness (QED) is 0.226. The van der Waals surface area contributed by atoms with Crippen LogP contribution in [0.5, 0.6) is 5.75 Å². The highest BCUT2D eigenvalue weighted by Crippen LogP contribution is 2.49. The first-order chi connectivity index (χ1) is 17.8. The van der Waals surface area contributed by atoms with Crippen molar-refractivity contribution in [1.82, 2.24) is 14.6 Å². The molecule has 13 nitrogen and oxygen atoms in total. The summed E-state index contributed by atoms with van der Waals surface area (Å²) < 4.78 is 63.9. The lowest BCUT2D eigenvalue weighted by Gasteiger charge is -2.32. The van der Waals surface area contributed by atoms with Gasteiger partial charge in [0.2, 0.25) is 0 Å². The van der Waals surface area contributed by atoms with Gasteiger partial charge in [0, 0.05) is 12.3 Å². The van der Waals surface area contributed by atoms with E-state index in [0.717, 1.165) is 12.3 Å². The van der Waals surface area contributed by atoms with Crippen LogP contribution in [0.2, 0.25) is 0 Å². The molecule has 6 atom stereocenters. The van der Waals surface area contributed by atoms with Crippen LogP contribution in [-0.4, -0.2) is 68.7 Å².